The van der Waals surface area contributed by atoms with Crippen molar-refractivity contribution in [3.05, 3.63) is 197 Å². The van der Waals surface area contributed by atoms with Gasteiger partial charge in [0.2, 0.25) is 82.7 Å². The number of carbonyl (C=O) groups excluding carboxylic acids is 15. The van der Waals surface area contributed by atoms with Gasteiger partial charge in [-0.2, -0.15) is 0 Å². The summed E-state index contributed by atoms with van der Waals surface area (Å²) in [5, 5.41) is 46.3. The fraction of sp³-hybridized carbons (Fsp3) is 0.452. The number of primary amides is 1. The van der Waals surface area contributed by atoms with E-state index in [0.29, 0.717) is 47.2 Å². The number of nitrogens with one attached hydrogen (secondary N) is 9. The van der Waals surface area contributed by atoms with Crippen LogP contribution in [0.1, 0.15) is 126 Å². The van der Waals surface area contributed by atoms with E-state index < -0.39 is 198 Å². The topological polar surface area (TPSA) is 447 Å². The van der Waals surface area contributed by atoms with Crippen LogP contribution in [0.15, 0.2) is 164 Å². The number of hydrogen-bond acceptors (Lipinski definition) is 19. The van der Waals surface area contributed by atoms with Gasteiger partial charge in [-0.3, -0.25) is 71.9 Å². The number of unbranched alkanes of at least 4 members (excludes halogenated alkanes) is 1. The Kier molecular flexibility index (Phi) is 37.6. The zero-order chi connectivity index (χ0) is 92.0. The van der Waals surface area contributed by atoms with Crippen LogP contribution in [0.4, 0.5) is 5.69 Å². The number of fused-ring (bicyclic) bond motifs is 1. The molecule has 1 fully saturated rings. The van der Waals surface area contributed by atoms with Crippen LogP contribution in [-0.2, 0) is 104 Å². The first kappa shape index (κ1) is 98.8. The predicted molar refractivity (Wildman–Crippen MR) is 477 cm³/mol. The molecule has 14 amide bonds. The molecular weight excluding hydrogens is 1630 g/mol. The van der Waals surface area contributed by atoms with Crippen LogP contribution in [0.2, 0.25) is 0 Å². The average molecular weight is 1750 g/mol. The first-order valence-electron chi connectivity index (χ1n) is 42.6. The van der Waals surface area contributed by atoms with Crippen LogP contribution in [0.3, 0.4) is 0 Å². The summed E-state index contributed by atoms with van der Waals surface area (Å²) in [7, 11) is 6.87. The Morgan fingerprint density at radius 1 is 0.452 bits per heavy atom. The fourth-order valence-corrected chi connectivity index (χ4v) is 16.1. The molecular formula is C93H121N15O17S. The van der Waals surface area contributed by atoms with E-state index in [1.165, 1.54) is 100 Å². The van der Waals surface area contributed by atoms with E-state index in [2.05, 4.69) is 47.9 Å². The molecule has 0 aromatic heterocycles. The van der Waals surface area contributed by atoms with E-state index in [4.69, 9.17) is 5.73 Å². The first-order chi connectivity index (χ1) is 60.0. The highest BCUT2D eigenvalue weighted by Gasteiger charge is 2.42. The van der Waals surface area contributed by atoms with Gasteiger partial charge >= 0.3 is 0 Å². The van der Waals surface area contributed by atoms with Gasteiger partial charge in [0.05, 0.1) is 24.9 Å². The maximum atomic E-state index is 15.5. The number of phenolic OH excluding ortho intramolecular Hbond substituents is 2. The smallest absolute Gasteiger partial charge is 0.246 e. The van der Waals surface area contributed by atoms with Crippen LogP contribution in [0.25, 0.3) is 0 Å². The number of anilines is 1. The summed E-state index contributed by atoms with van der Waals surface area (Å²) in [6, 6.07) is 29.8. The number of rotatable bonds is 22. The maximum Gasteiger partial charge on any atom is 0.246 e. The van der Waals surface area contributed by atoms with Crippen molar-refractivity contribution in [2.75, 3.05) is 71.7 Å². The molecule has 676 valence electrons. The van der Waals surface area contributed by atoms with Gasteiger partial charge in [0, 0.05) is 104 Å². The molecule has 6 aromatic rings. The average Bonchev–Trinajstić information content (AvgIpc) is 1.30. The van der Waals surface area contributed by atoms with E-state index >= 15 is 33.6 Å². The molecule has 12 atom stereocenters. The highest BCUT2D eigenvalue weighted by Crippen LogP contribution is 2.34. The Hall–Kier alpha value is -12.7. The summed E-state index contributed by atoms with van der Waals surface area (Å²) in [6.45, 7) is 9.10. The standard InChI is InChI=1S/C93H121N15O17S/c1-12-13-33-75-91(123)105(8)52-80(113)96-58(6)84(116)103-83(57(4)5)93(125)107(10)76(48-60-27-19-15-20-28-60)88(120)101-72(47-63-36-40-66(110)41-37-63)89(121)104(7)53-81(114)97-71(50-64-51-95-68-32-24-23-31-67(64)68)87(119)100-70(45-62-34-38-65(109)39-35-62)86(118)99-69(44-56(2)3)85(117)102-74(78(111)42-43-79(94)112)54-126-55-82(115)98-73(46-59-25-17-14-18-26-59)90(122)108(11)77(92(124)106(75)9)49-61-29-21-16-22-30-61/h14-32,34-41,56-58,64,69-77,83,95,109-110H,12-13,33,42-55H2,1-11H3,(H2,94,112)(H,96,113)(H,97,114)(H,98,115)(H,99,118)(H,100,119)(H,101,120)(H,102,117)(H,103,116)/t58-,64?,69-,70-,71-,72-,73-,74-,75-,76-,77-,83-/m0/s1. The number of para-hydroxylation sites is 1. The second kappa shape index (κ2) is 48.0. The van der Waals surface area contributed by atoms with Crippen LogP contribution in [-0.4, -0.2) is 256 Å². The zero-order valence-corrected chi connectivity index (χ0v) is 74.2. The third-order valence-corrected chi connectivity index (χ3v) is 23.5. The third kappa shape index (κ3) is 29.5. The summed E-state index contributed by atoms with van der Waals surface area (Å²) < 4.78 is 0. The molecule has 126 heavy (non-hydrogen) atoms. The quantitative estimate of drug-likeness (QED) is 0.0457. The molecule has 2 heterocycles. The number of Topliss-reactive ketones (excluding diaryl/α,β-unsaturated/α-hetero) is 1. The normalized spacial score (nSPS) is 23.1. The number of likely N-dealkylation sites (N-methyl/N-ethyl adjacent to an activating group) is 5. The Balaban J connectivity index is 1.19. The number of nitrogens with zero attached hydrogens (tertiary/aromatic N) is 5. The van der Waals surface area contributed by atoms with Gasteiger partial charge in [-0.15, -0.1) is 11.8 Å². The molecule has 0 aliphatic carbocycles. The number of ketones is 1. The summed E-state index contributed by atoms with van der Waals surface area (Å²) in [5.41, 5.74) is 9.82. The van der Waals surface area contributed by atoms with Gasteiger partial charge in [-0.25, -0.2) is 0 Å². The monoisotopic (exact) mass is 1750 g/mol. The van der Waals surface area contributed by atoms with Crippen molar-refractivity contribution in [1.29, 1.82) is 0 Å². The van der Waals surface area contributed by atoms with Crippen LogP contribution in [0, 0.1) is 11.8 Å². The van der Waals surface area contributed by atoms with Gasteiger partial charge in [-0.05, 0) is 102 Å². The number of phenols is 2. The molecule has 1 unspecified atom stereocenters. The lowest BCUT2D eigenvalue weighted by atomic mass is 9.93. The van der Waals surface area contributed by atoms with Crippen molar-refractivity contribution < 1.29 is 82.1 Å². The molecule has 2 aliphatic heterocycles. The Bertz CT molecular complexity index is 4760. The van der Waals surface area contributed by atoms with Crippen molar-refractivity contribution in [2.24, 2.45) is 17.6 Å². The zero-order valence-electron chi connectivity index (χ0n) is 73.4. The highest BCUT2D eigenvalue weighted by atomic mass is 32.2. The van der Waals surface area contributed by atoms with E-state index in [1.54, 1.807) is 119 Å². The second-order valence-electron chi connectivity index (χ2n) is 33.2. The van der Waals surface area contributed by atoms with Crippen molar-refractivity contribution >= 4 is 106 Å². The molecule has 6 aromatic carbocycles. The van der Waals surface area contributed by atoms with Gasteiger partial charge in [0.15, 0.2) is 5.78 Å². The van der Waals surface area contributed by atoms with Crippen molar-refractivity contribution in [3.8, 4) is 11.5 Å². The number of hydrogen-bond donors (Lipinski definition) is 12. The third-order valence-electron chi connectivity index (χ3n) is 22.4. The summed E-state index contributed by atoms with van der Waals surface area (Å²) in [5.74, 6) is -14.1. The number of thioether (sulfide) groups is 1. The van der Waals surface area contributed by atoms with Crippen LogP contribution in [0.5, 0.6) is 11.5 Å². The lowest BCUT2D eigenvalue weighted by Crippen LogP contribution is -2.60. The van der Waals surface area contributed by atoms with Gasteiger partial charge in [0.1, 0.15) is 71.9 Å². The molecule has 2 aliphatic rings. The lowest BCUT2D eigenvalue weighted by Gasteiger charge is -2.37. The molecule has 1 saturated heterocycles. The van der Waals surface area contributed by atoms with E-state index in [1.807, 2.05) is 31.2 Å². The SMILES string of the molecule is CCCC[C@H]1C(=O)N(C)CC(=O)N[C@@H](C)C(=O)N[C@@H](C(C)C)C(=O)N(C)[C@@H](Cc2ccccc2)C(=O)N[C@@H](Cc2ccc(O)cc2)C(=O)N(C)CC(=O)N[C@@H](CC2CNc3ccccc32)C(=O)N[C@@H](Cc2ccc(O)cc2)C(=O)N[C@@H](CC(C)C)C(=O)N[C@H](C(=O)CCC(N)=O)CSCC(=O)N[C@@H](Cc2ccccc2)C(=O)N(C)[C@@H](Cc2ccccc2)C(=O)N1C. The second-order valence-corrected chi connectivity index (χ2v) is 34.2. The van der Waals surface area contributed by atoms with Crippen LogP contribution < -0.4 is 53.6 Å². The van der Waals surface area contributed by atoms with Crippen molar-refractivity contribution in [2.45, 2.75) is 191 Å². The van der Waals surface area contributed by atoms with E-state index in [-0.39, 0.29) is 74.5 Å². The summed E-state index contributed by atoms with van der Waals surface area (Å²) in [6.07, 6.45) is -0.645. The van der Waals surface area contributed by atoms with Gasteiger partial charge in [0.25, 0.3) is 0 Å². The number of carbonyl (C=O) groups is 15. The number of aromatic hydroxyl groups is 2. The highest BCUT2D eigenvalue weighted by molar-refractivity contribution is 8.00. The minimum Gasteiger partial charge on any atom is -0.508 e. The van der Waals surface area contributed by atoms with Crippen LogP contribution >= 0.6 is 11.8 Å². The van der Waals surface area contributed by atoms with Crippen molar-refractivity contribution in [3.63, 3.8) is 0 Å². The predicted octanol–water partition coefficient (Wildman–Crippen LogP) is 3.98. The fourth-order valence-electron chi connectivity index (χ4n) is 15.2. The Labute approximate surface area is 740 Å². The van der Waals surface area contributed by atoms with Gasteiger partial charge < -0.3 is 88.3 Å². The Morgan fingerprint density at radius 3 is 1.47 bits per heavy atom. The van der Waals surface area contributed by atoms with E-state index in [0.717, 1.165) is 37.7 Å². The maximum absolute atomic E-state index is 15.5. The minimum atomic E-state index is -1.55. The Morgan fingerprint density at radius 2 is 0.913 bits per heavy atom. The first-order valence-corrected chi connectivity index (χ1v) is 43.7. The molecule has 32 nitrogen and oxygen atoms in total. The van der Waals surface area contributed by atoms with Gasteiger partial charge in [-0.1, -0.05) is 181 Å². The number of nitrogens with two attached hydrogens (primary N) is 1. The molecule has 0 saturated carbocycles. The minimum absolute atomic E-state index is 0.0495. The molecule has 33 heteroatoms. The van der Waals surface area contributed by atoms with Crippen molar-refractivity contribution in [1.82, 2.24) is 67.0 Å². The summed E-state index contributed by atoms with van der Waals surface area (Å²) >= 11 is 0.894. The number of benzene rings is 6. The molecule has 0 radical (unpaired) electrons. The number of amides is 14. The van der Waals surface area contributed by atoms with E-state index in [9.17, 15) is 48.6 Å². The largest absolute Gasteiger partial charge is 0.508 e. The lowest BCUT2D eigenvalue weighted by molar-refractivity contribution is -0.151. The summed E-state index contributed by atoms with van der Waals surface area (Å²) in [4.78, 5) is 227. The molecule has 8 rings (SSSR count). The molecule has 13 N–H and O–H groups in total. The molecule has 0 bridgehead atoms. The molecule has 0 spiro atoms.